The summed E-state index contributed by atoms with van der Waals surface area (Å²) in [6.07, 6.45) is 13.8. The van der Waals surface area contributed by atoms with Crippen LogP contribution in [-0.4, -0.2) is 58.1 Å². The van der Waals surface area contributed by atoms with Crippen molar-refractivity contribution >= 4 is 26.8 Å². The molecule has 0 atom stereocenters. The molecule has 1 amide bonds. The van der Waals surface area contributed by atoms with Crippen molar-refractivity contribution in [2.75, 3.05) is 0 Å². The van der Waals surface area contributed by atoms with Gasteiger partial charge in [0, 0.05) is 59.5 Å². The highest BCUT2D eigenvalue weighted by molar-refractivity contribution is 7.90. The fraction of sp³-hybridized carbons (Fsp3) is 0.308. The Bertz CT molecular complexity index is 1810. The second-order valence-electron chi connectivity index (χ2n) is 10.0. The number of nitrogens with zero attached hydrogens (tertiary/aromatic N) is 8. The Morgan fingerprint density at radius 2 is 1.85 bits per heavy atom. The summed E-state index contributed by atoms with van der Waals surface area (Å²) in [4.78, 5) is 25.0. The fourth-order valence-corrected chi connectivity index (χ4v) is 6.06. The molecule has 200 valence electrons. The van der Waals surface area contributed by atoms with E-state index in [9.17, 15) is 13.2 Å². The number of rotatable bonds is 9. The van der Waals surface area contributed by atoms with E-state index in [1.165, 1.54) is 17.1 Å². The predicted molar refractivity (Wildman–Crippen MR) is 144 cm³/mol. The molecule has 5 heterocycles. The van der Waals surface area contributed by atoms with Crippen LogP contribution in [0.3, 0.4) is 0 Å². The lowest BCUT2D eigenvalue weighted by Crippen LogP contribution is -2.18. The van der Waals surface area contributed by atoms with Crippen molar-refractivity contribution in [3.63, 3.8) is 0 Å². The largest absolute Gasteiger partial charge is 0.368 e. The van der Waals surface area contributed by atoms with E-state index in [0.717, 1.165) is 37.5 Å². The van der Waals surface area contributed by atoms with Gasteiger partial charge in [0.2, 0.25) is 5.91 Å². The minimum atomic E-state index is -3.45. The second kappa shape index (κ2) is 9.42. The van der Waals surface area contributed by atoms with Crippen molar-refractivity contribution in [1.82, 2.24) is 38.5 Å². The first-order chi connectivity index (χ1) is 18.7. The Hall–Kier alpha value is -4.39. The van der Waals surface area contributed by atoms with Crippen LogP contribution < -0.4 is 5.73 Å². The zero-order valence-electron chi connectivity index (χ0n) is 21.5. The Morgan fingerprint density at radius 1 is 1.05 bits per heavy atom. The molecule has 0 bridgehead atoms. The lowest BCUT2D eigenvalue weighted by molar-refractivity contribution is -0.118. The SMILES string of the molecule is CC(C)n1cc(-c2cnn(CC(N)=O)c2)c2cnc(Cc3ccnc(-c4cnn(S(=O)(=O)C5CC5)c4)n3)cc21. The molecule has 6 rings (SSSR count). The van der Waals surface area contributed by atoms with Gasteiger partial charge in [-0.15, -0.1) is 0 Å². The smallest absolute Gasteiger partial charge is 0.256 e. The van der Waals surface area contributed by atoms with Gasteiger partial charge in [-0.05, 0) is 38.8 Å². The molecule has 2 N–H and O–H groups in total. The Labute approximate surface area is 224 Å². The summed E-state index contributed by atoms with van der Waals surface area (Å²) >= 11 is 0. The van der Waals surface area contributed by atoms with Crippen molar-refractivity contribution < 1.29 is 13.2 Å². The maximum atomic E-state index is 12.5. The van der Waals surface area contributed by atoms with Gasteiger partial charge in [-0.2, -0.15) is 14.3 Å². The van der Waals surface area contributed by atoms with E-state index in [0.29, 0.717) is 30.7 Å². The summed E-state index contributed by atoms with van der Waals surface area (Å²) in [6, 6.07) is 4.07. The van der Waals surface area contributed by atoms with Crippen LogP contribution in [0.15, 0.2) is 55.5 Å². The monoisotopic (exact) mass is 545 g/mol. The number of hydrogen-bond acceptors (Lipinski definition) is 8. The number of hydrogen-bond donors (Lipinski definition) is 1. The van der Waals surface area contributed by atoms with Crippen molar-refractivity contribution in [2.24, 2.45) is 5.73 Å². The molecule has 0 radical (unpaired) electrons. The zero-order chi connectivity index (χ0) is 27.3. The highest BCUT2D eigenvalue weighted by Crippen LogP contribution is 2.33. The summed E-state index contributed by atoms with van der Waals surface area (Å²) in [5, 5.41) is 8.93. The van der Waals surface area contributed by atoms with Crippen LogP contribution in [-0.2, 0) is 27.8 Å². The molecule has 1 saturated carbocycles. The summed E-state index contributed by atoms with van der Waals surface area (Å²) in [6.45, 7) is 4.24. The molecule has 13 heteroatoms. The highest BCUT2D eigenvalue weighted by Gasteiger charge is 2.37. The van der Waals surface area contributed by atoms with Gasteiger partial charge < -0.3 is 10.3 Å². The maximum absolute atomic E-state index is 12.5. The topological polar surface area (TPSA) is 156 Å². The van der Waals surface area contributed by atoms with Gasteiger partial charge >= 0.3 is 0 Å². The summed E-state index contributed by atoms with van der Waals surface area (Å²) in [7, 11) is -3.45. The van der Waals surface area contributed by atoms with Crippen LogP contribution in [0.5, 0.6) is 0 Å². The van der Waals surface area contributed by atoms with E-state index in [2.05, 4.69) is 50.8 Å². The van der Waals surface area contributed by atoms with Gasteiger partial charge in [-0.1, -0.05) is 0 Å². The quantitative estimate of drug-likeness (QED) is 0.296. The number of carbonyl (C=O) groups is 1. The molecule has 5 aromatic rings. The van der Waals surface area contributed by atoms with Crippen molar-refractivity contribution in [2.45, 2.75) is 50.9 Å². The van der Waals surface area contributed by atoms with E-state index < -0.39 is 15.9 Å². The molecule has 1 fully saturated rings. The lowest BCUT2D eigenvalue weighted by atomic mass is 10.1. The van der Waals surface area contributed by atoms with E-state index in [1.54, 1.807) is 18.6 Å². The van der Waals surface area contributed by atoms with E-state index >= 15 is 0 Å². The van der Waals surface area contributed by atoms with Gasteiger partial charge in [-0.25, -0.2) is 18.4 Å². The molecule has 0 aromatic carbocycles. The Balaban J connectivity index is 1.29. The Kier molecular flexibility index (Phi) is 6.02. The van der Waals surface area contributed by atoms with Crippen LogP contribution in [0, 0.1) is 0 Å². The van der Waals surface area contributed by atoms with Crippen LogP contribution in [0.4, 0.5) is 0 Å². The van der Waals surface area contributed by atoms with Crippen molar-refractivity contribution in [3.05, 3.63) is 66.9 Å². The standard InChI is InChI=1S/C26H27N9O3S/c1-16(2)34-14-23(17-9-30-33(12-17)15-25(27)36)22-11-29-20(8-24(22)34)7-19-5-6-28-26(32-19)18-10-31-35(13-18)39(37,38)21-3-4-21/h5-6,8-14,16,21H,3-4,7,15H2,1-2H3,(H2,27,36). The minimum Gasteiger partial charge on any atom is -0.368 e. The van der Waals surface area contributed by atoms with Gasteiger partial charge in [0.05, 0.1) is 40.6 Å². The lowest BCUT2D eigenvalue weighted by Gasteiger charge is -2.10. The summed E-state index contributed by atoms with van der Waals surface area (Å²) in [5.41, 5.74) is 10.3. The molecule has 0 saturated heterocycles. The average Bonchev–Trinajstić information content (AvgIpc) is 3.30. The number of amides is 1. The van der Waals surface area contributed by atoms with Crippen molar-refractivity contribution in [3.8, 4) is 22.5 Å². The zero-order valence-corrected chi connectivity index (χ0v) is 22.3. The first-order valence-electron chi connectivity index (χ1n) is 12.6. The maximum Gasteiger partial charge on any atom is 0.256 e. The normalized spacial score (nSPS) is 13.9. The fourth-order valence-electron chi connectivity index (χ4n) is 4.59. The predicted octanol–water partition coefficient (Wildman–Crippen LogP) is 2.55. The third-order valence-corrected chi connectivity index (χ3v) is 8.73. The van der Waals surface area contributed by atoms with Gasteiger partial charge in [0.1, 0.15) is 6.54 Å². The van der Waals surface area contributed by atoms with Gasteiger partial charge in [0.15, 0.2) is 5.82 Å². The summed E-state index contributed by atoms with van der Waals surface area (Å²) < 4.78 is 29.7. The summed E-state index contributed by atoms with van der Waals surface area (Å²) in [5.74, 6) is -0.0443. The Morgan fingerprint density at radius 3 is 2.59 bits per heavy atom. The van der Waals surface area contributed by atoms with E-state index in [4.69, 9.17) is 10.7 Å². The van der Waals surface area contributed by atoms with Crippen molar-refractivity contribution in [1.29, 1.82) is 0 Å². The molecular formula is C26H27N9O3S. The molecule has 12 nitrogen and oxygen atoms in total. The molecule has 0 unspecified atom stereocenters. The van der Waals surface area contributed by atoms with E-state index in [1.807, 2.05) is 12.3 Å². The minimum absolute atomic E-state index is 0.0171. The molecule has 0 spiro atoms. The number of primary amides is 1. The molecule has 5 aromatic heterocycles. The second-order valence-corrected chi connectivity index (χ2v) is 12.1. The van der Waals surface area contributed by atoms with Gasteiger partial charge in [-0.3, -0.25) is 14.5 Å². The number of fused-ring (bicyclic) bond motifs is 1. The van der Waals surface area contributed by atoms with Crippen LogP contribution >= 0.6 is 0 Å². The first kappa shape index (κ1) is 24.9. The van der Waals surface area contributed by atoms with Crippen LogP contribution in [0.2, 0.25) is 0 Å². The first-order valence-corrected chi connectivity index (χ1v) is 14.1. The average molecular weight is 546 g/mol. The number of nitrogens with two attached hydrogens (primary N) is 1. The molecule has 39 heavy (non-hydrogen) atoms. The van der Waals surface area contributed by atoms with E-state index in [-0.39, 0.29) is 17.8 Å². The number of carbonyl (C=O) groups excluding carboxylic acids is 1. The third kappa shape index (κ3) is 4.80. The molecule has 1 aliphatic rings. The molecular weight excluding hydrogens is 518 g/mol. The number of pyridine rings is 1. The van der Waals surface area contributed by atoms with Gasteiger partial charge in [0.25, 0.3) is 10.0 Å². The third-order valence-electron chi connectivity index (χ3n) is 6.69. The molecule has 1 aliphatic carbocycles. The van der Waals surface area contributed by atoms with Crippen LogP contribution in [0.1, 0.15) is 44.1 Å². The highest BCUT2D eigenvalue weighted by atomic mass is 32.2. The number of aromatic nitrogens is 8. The molecule has 0 aliphatic heterocycles. The van der Waals surface area contributed by atoms with Crippen LogP contribution in [0.25, 0.3) is 33.4 Å².